The van der Waals surface area contributed by atoms with Crippen molar-refractivity contribution in [3.05, 3.63) is 47.1 Å². The molecular weight excluding hydrogens is 381 g/mol. The summed E-state index contributed by atoms with van der Waals surface area (Å²) < 4.78 is 56.1. The predicted octanol–water partition coefficient (Wildman–Crippen LogP) is 2.65. The fraction of sp³-hybridized carbons (Fsp3) is 0.353. The van der Waals surface area contributed by atoms with Gasteiger partial charge in [-0.2, -0.15) is 18.3 Å². The van der Waals surface area contributed by atoms with Crippen molar-refractivity contribution >= 4 is 5.91 Å². The zero-order valence-electron chi connectivity index (χ0n) is 14.5. The second kappa shape index (κ2) is 7.15. The van der Waals surface area contributed by atoms with Crippen molar-refractivity contribution in [1.82, 2.24) is 20.3 Å². The highest BCUT2D eigenvalue weighted by atomic mass is 19.4. The minimum atomic E-state index is -4.55. The molecule has 0 aliphatic carbocycles. The van der Waals surface area contributed by atoms with Crippen LogP contribution in [0.3, 0.4) is 0 Å². The van der Waals surface area contributed by atoms with Crippen LogP contribution < -0.4 is 5.32 Å². The molecule has 0 spiro atoms. The highest BCUT2D eigenvalue weighted by Crippen LogP contribution is 2.34. The summed E-state index contributed by atoms with van der Waals surface area (Å²) in [7, 11) is 0. The molecule has 4 heterocycles. The zero-order valence-corrected chi connectivity index (χ0v) is 14.5. The average Bonchev–Trinajstić information content (AvgIpc) is 3.40. The molecule has 0 fully saturated rings. The maximum Gasteiger partial charge on any atom is 0.435 e. The first-order valence-electron chi connectivity index (χ1n) is 8.46. The summed E-state index contributed by atoms with van der Waals surface area (Å²) in [5.41, 5.74) is -0.356. The van der Waals surface area contributed by atoms with Gasteiger partial charge in [-0.15, -0.1) is 0 Å². The van der Waals surface area contributed by atoms with E-state index in [1.54, 1.807) is 12.1 Å². The van der Waals surface area contributed by atoms with Crippen LogP contribution in [0.1, 0.15) is 27.4 Å². The number of ether oxygens (including phenoxy) is 1. The van der Waals surface area contributed by atoms with Gasteiger partial charge in [0.15, 0.2) is 17.1 Å². The number of carbonyl (C=O) groups excluding carboxylic acids is 1. The first-order chi connectivity index (χ1) is 13.4. The van der Waals surface area contributed by atoms with E-state index >= 15 is 0 Å². The van der Waals surface area contributed by atoms with Crippen LogP contribution in [-0.4, -0.2) is 34.0 Å². The van der Waals surface area contributed by atoms with Crippen LogP contribution in [0.4, 0.5) is 13.2 Å². The Morgan fingerprint density at radius 3 is 2.93 bits per heavy atom. The molecular formula is C17H15F3N4O4. The maximum absolute atomic E-state index is 13.2. The molecule has 8 nitrogen and oxygen atoms in total. The number of nitrogens with one attached hydrogen (secondary N) is 1. The van der Waals surface area contributed by atoms with Crippen LogP contribution in [0.5, 0.6) is 0 Å². The number of hydrogen-bond acceptors (Lipinski definition) is 6. The number of furan rings is 1. The van der Waals surface area contributed by atoms with E-state index in [0.29, 0.717) is 30.2 Å². The van der Waals surface area contributed by atoms with Crippen LogP contribution in [0, 0.1) is 0 Å². The molecule has 11 heteroatoms. The lowest BCUT2D eigenvalue weighted by atomic mass is 10.1. The Bertz CT molecular complexity index is 975. The van der Waals surface area contributed by atoms with E-state index in [0.717, 1.165) is 0 Å². The number of carbonyl (C=O) groups is 1. The van der Waals surface area contributed by atoms with Crippen molar-refractivity contribution in [1.29, 1.82) is 0 Å². The number of fused-ring (bicyclic) bond motifs is 1. The van der Waals surface area contributed by atoms with E-state index in [1.807, 2.05) is 0 Å². The van der Waals surface area contributed by atoms with Crippen LogP contribution in [0.25, 0.3) is 11.5 Å². The van der Waals surface area contributed by atoms with Gasteiger partial charge >= 0.3 is 6.18 Å². The summed E-state index contributed by atoms with van der Waals surface area (Å²) in [5, 5.41) is 9.95. The SMILES string of the molecule is O=C(NCCn1nc(C(F)(F)F)c2c1CCOC2)c1cc(-c2ccco2)on1. The first-order valence-corrected chi connectivity index (χ1v) is 8.46. The maximum atomic E-state index is 13.2. The summed E-state index contributed by atoms with van der Waals surface area (Å²) in [6.45, 7) is 0.378. The molecule has 0 bridgehead atoms. The number of nitrogens with zero attached hydrogens (tertiary/aromatic N) is 3. The molecule has 1 amide bonds. The standard InChI is InChI=1S/C17H15F3N4O4/c18-17(19,20)15-10-9-26-7-3-12(10)24(22-15)5-4-21-16(25)11-8-14(28-23-11)13-2-1-6-27-13/h1-2,6,8H,3-5,7,9H2,(H,21,25). The topological polar surface area (TPSA) is 95.3 Å². The minimum Gasteiger partial charge on any atom is -0.461 e. The van der Waals surface area contributed by atoms with Crippen LogP contribution in [-0.2, 0) is 30.5 Å². The molecule has 0 saturated heterocycles. The Kier molecular flexibility index (Phi) is 4.67. The van der Waals surface area contributed by atoms with Gasteiger partial charge in [-0.1, -0.05) is 5.16 Å². The van der Waals surface area contributed by atoms with Gasteiger partial charge in [-0.25, -0.2) is 0 Å². The lowest BCUT2D eigenvalue weighted by molar-refractivity contribution is -0.142. The number of amides is 1. The second-order valence-corrected chi connectivity index (χ2v) is 6.11. The lowest BCUT2D eigenvalue weighted by Crippen LogP contribution is -2.28. The van der Waals surface area contributed by atoms with E-state index < -0.39 is 17.8 Å². The monoisotopic (exact) mass is 396 g/mol. The molecule has 0 unspecified atom stereocenters. The third-order valence-electron chi connectivity index (χ3n) is 4.28. The van der Waals surface area contributed by atoms with Gasteiger partial charge in [0, 0.05) is 30.3 Å². The minimum absolute atomic E-state index is 0.0401. The van der Waals surface area contributed by atoms with Gasteiger partial charge in [-0.05, 0) is 12.1 Å². The Labute approximate surface area is 156 Å². The molecule has 1 aliphatic heterocycles. The van der Waals surface area contributed by atoms with Crippen LogP contribution >= 0.6 is 0 Å². The summed E-state index contributed by atoms with van der Waals surface area (Å²) >= 11 is 0. The molecule has 0 radical (unpaired) electrons. The molecule has 1 aliphatic rings. The number of hydrogen-bond donors (Lipinski definition) is 1. The zero-order chi connectivity index (χ0) is 19.7. The molecule has 1 N–H and O–H groups in total. The van der Waals surface area contributed by atoms with Gasteiger partial charge < -0.3 is 19.0 Å². The Morgan fingerprint density at radius 1 is 1.32 bits per heavy atom. The van der Waals surface area contributed by atoms with E-state index in [1.165, 1.54) is 17.0 Å². The van der Waals surface area contributed by atoms with Crippen LogP contribution in [0.15, 0.2) is 33.4 Å². The van der Waals surface area contributed by atoms with Crippen LogP contribution in [0.2, 0.25) is 0 Å². The smallest absolute Gasteiger partial charge is 0.435 e. The molecule has 28 heavy (non-hydrogen) atoms. The molecule has 148 valence electrons. The molecule has 3 aromatic rings. The fourth-order valence-corrected chi connectivity index (χ4v) is 3.00. The third-order valence-corrected chi connectivity index (χ3v) is 4.28. The molecule has 3 aromatic heterocycles. The number of alkyl halides is 3. The Hall–Kier alpha value is -3.08. The van der Waals surface area contributed by atoms with E-state index in [2.05, 4.69) is 15.6 Å². The van der Waals surface area contributed by atoms with Gasteiger partial charge in [0.1, 0.15) is 0 Å². The van der Waals surface area contributed by atoms with E-state index in [9.17, 15) is 18.0 Å². The summed E-state index contributed by atoms with van der Waals surface area (Å²) in [5.74, 6) is 0.213. The van der Waals surface area contributed by atoms with Gasteiger partial charge in [0.05, 0.1) is 26.0 Å². The second-order valence-electron chi connectivity index (χ2n) is 6.11. The molecule has 0 saturated carbocycles. The normalized spacial score (nSPS) is 14.1. The predicted molar refractivity (Wildman–Crippen MR) is 87.1 cm³/mol. The van der Waals surface area contributed by atoms with E-state index in [4.69, 9.17) is 13.7 Å². The summed E-state index contributed by atoms with van der Waals surface area (Å²) in [4.78, 5) is 12.2. The van der Waals surface area contributed by atoms with Gasteiger partial charge in [0.2, 0.25) is 5.76 Å². The quantitative estimate of drug-likeness (QED) is 0.713. The van der Waals surface area contributed by atoms with Crippen molar-refractivity contribution < 1.29 is 31.6 Å². The van der Waals surface area contributed by atoms with Crippen molar-refractivity contribution in [3.63, 3.8) is 0 Å². The lowest BCUT2D eigenvalue weighted by Gasteiger charge is -2.15. The number of aromatic nitrogens is 3. The molecule has 4 rings (SSSR count). The fourth-order valence-electron chi connectivity index (χ4n) is 3.00. The van der Waals surface area contributed by atoms with Crippen molar-refractivity contribution in [2.45, 2.75) is 25.7 Å². The first kappa shape index (κ1) is 18.3. The Morgan fingerprint density at radius 2 is 2.18 bits per heavy atom. The highest BCUT2D eigenvalue weighted by Gasteiger charge is 2.39. The third kappa shape index (κ3) is 3.52. The highest BCUT2D eigenvalue weighted by molar-refractivity contribution is 5.92. The Balaban J connectivity index is 1.41. The van der Waals surface area contributed by atoms with Gasteiger partial charge in [0.25, 0.3) is 5.91 Å². The van der Waals surface area contributed by atoms with Crippen molar-refractivity contribution in [2.24, 2.45) is 0 Å². The largest absolute Gasteiger partial charge is 0.461 e. The van der Waals surface area contributed by atoms with Gasteiger partial charge in [-0.3, -0.25) is 9.48 Å². The number of rotatable bonds is 5. The molecule has 0 aromatic carbocycles. The molecule has 0 atom stereocenters. The van der Waals surface area contributed by atoms with E-state index in [-0.39, 0.29) is 31.0 Å². The summed E-state index contributed by atoms with van der Waals surface area (Å²) in [6.07, 6.45) is -2.76. The number of halogens is 3. The average molecular weight is 396 g/mol. The van der Waals surface area contributed by atoms with Crippen molar-refractivity contribution in [2.75, 3.05) is 13.2 Å². The van der Waals surface area contributed by atoms with Crippen molar-refractivity contribution in [3.8, 4) is 11.5 Å². The summed E-state index contributed by atoms with van der Waals surface area (Å²) in [6, 6.07) is 4.75.